The SMILES string of the molecule is CC12CCC3(CC1=CCC1C2C(O)CC2(C)C(O)CCC12)OCCO3. The maximum absolute atomic E-state index is 11.2. The summed E-state index contributed by atoms with van der Waals surface area (Å²) >= 11 is 0. The fourth-order valence-electron chi connectivity index (χ4n) is 7.45. The van der Waals surface area contributed by atoms with E-state index < -0.39 is 5.79 Å². The number of rotatable bonds is 0. The molecule has 3 saturated carbocycles. The standard InChI is InChI=1S/C21H32O4/c1-19-7-8-21(24-9-10-25-21)11-13(19)3-4-14-15-5-6-17(23)20(15,2)12-16(22)18(14)19/h3,14-18,22-23H,4-12H2,1-2H3. The van der Waals surface area contributed by atoms with Crippen LogP contribution in [-0.2, 0) is 9.47 Å². The van der Waals surface area contributed by atoms with Crippen molar-refractivity contribution in [3.63, 3.8) is 0 Å². The molecule has 25 heavy (non-hydrogen) atoms. The Kier molecular flexibility index (Phi) is 3.55. The van der Waals surface area contributed by atoms with Crippen molar-refractivity contribution in [2.24, 2.45) is 28.6 Å². The summed E-state index contributed by atoms with van der Waals surface area (Å²) in [5, 5.41) is 21.8. The van der Waals surface area contributed by atoms with Crippen LogP contribution in [0, 0.1) is 28.6 Å². The lowest BCUT2D eigenvalue weighted by Crippen LogP contribution is -2.58. The first-order valence-corrected chi connectivity index (χ1v) is 10.2. The Balaban J connectivity index is 1.50. The zero-order valence-electron chi connectivity index (χ0n) is 15.5. The average molecular weight is 348 g/mol. The van der Waals surface area contributed by atoms with E-state index in [9.17, 15) is 10.2 Å². The summed E-state index contributed by atoms with van der Waals surface area (Å²) in [5.74, 6) is 0.963. The van der Waals surface area contributed by atoms with Crippen molar-refractivity contribution in [1.82, 2.24) is 0 Å². The number of allylic oxidation sites excluding steroid dienone is 1. The first-order valence-electron chi connectivity index (χ1n) is 10.2. The van der Waals surface area contributed by atoms with Crippen molar-refractivity contribution in [1.29, 1.82) is 0 Å². The van der Waals surface area contributed by atoms with Crippen LogP contribution >= 0.6 is 0 Å². The van der Waals surface area contributed by atoms with Crippen LogP contribution in [0.2, 0.25) is 0 Å². The lowest BCUT2D eigenvalue weighted by molar-refractivity contribution is -0.195. The molecule has 5 aliphatic rings. The van der Waals surface area contributed by atoms with E-state index in [4.69, 9.17) is 9.47 Å². The van der Waals surface area contributed by atoms with Gasteiger partial charge in [0.15, 0.2) is 5.79 Å². The third-order valence-corrected chi connectivity index (χ3v) is 8.81. The molecule has 4 heteroatoms. The van der Waals surface area contributed by atoms with Crippen molar-refractivity contribution in [2.75, 3.05) is 13.2 Å². The molecule has 0 radical (unpaired) electrons. The van der Waals surface area contributed by atoms with Gasteiger partial charge in [0.05, 0.1) is 25.4 Å². The Labute approximate surface area is 150 Å². The summed E-state index contributed by atoms with van der Waals surface area (Å²) in [6.07, 6.45) is 8.51. The van der Waals surface area contributed by atoms with Gasteiger partial charge >= 0.3 is 0 Å². The molecule has 140 valence electrons. The van der Waals surface area contributed by atoms with Gasteiger partial charge in [-0.1, -0.05) is 25.5 Å². The zero-order chi connectivity index (χ0) is 17.4. The summed E-state index contributed by atoms with van der Waals surface area (Å²) in [6, 6.07) is 0. The number of ether oxygens (including phenoxy) is 2. The predicted molar refractivity (Wildman–Crippen MR) is 93.7 cm³/mol. The summed E-state index contributed by atoms with van der Waals surface area (Å²) in [7, 11) is 0. The molecule has 0 amide bonds. The monoisotopic (exact) mass is 348 g/mol. The van der Waals surface area contributed by atoms with Gasteiger partial charge in [-0.3, -0.25) is 0 Å². The largest absolute Gasteiger partial charge is 0.393 e. The van der Waals surface area contributed by atoms with Crippen LogP contribution in [0.4, 0.5) is 0 Å². The molecule has 4 aliphatic carbocycles. The molecule has 7 unspecified atom stereocenters. The highest BCUT2D eigenvalue weighted by Crippen LogP contribution is 2.65. The van der Waals surface area contributed by atoms with E-state index in [0.29, 0.717) is 31.0 Å². The van der Waals surface area contributed by atoms with Crippen LogP contribution < -0.4 is 0 Å². The van der Waals surface area contributed by atoms with Gasteiger partial charge in [-0.25, -0.2) is 0 Å². The van der Waals surface area contributed by atoms with Crippen LogP contribution in [0.5, 0.6) is 0 Å². The molecule has 0 bridgehead atoms. The first-order chi connectivity index (χ1) is 11.9. The average Bonchev–Trinajstić information content (AvgIpc) is 3.13. The van der Waals surface area contributed by atoms with E-state index in [0.717, 1.165) is 44.9 Å². The topological polar surface area (TPSA) is 58.9 Å². The molecule has 0 aromatic heterocycles. The molecule has 0 aromatic rings. The molecule has 5 rings (SSSR count). The summed E-state index contributed by atoms with van der Waals surface area (Å²) in [6.45, 7) is 6.00. The number of aliphatic hydroxyl groups excluding tert-OH is 2. The van der Waals surface area contributed by atoms with E-state index in [1.54, 1.807) is 0 Å². The molecule has 4 nitrogen and oxygen atoms in total. The minimum absolute atomic E-state index is 0.0533. The van der Waals surface area contributed by atoms with Crippen LogP contribution in [0.3, 0.4) is 0 Å². The van der Waals surface area contributed by atoms with Crippen molar-refractivity contribution in [3.05, 3.63) is 11.6 Å². The smallest absolute Gasteiger partial charge is 0.172 e. The van der Waals surface area contributed by atoms with Gasteiger partial charge in [0.1, 0.15) is 0 Å². The third-order valence-electron chi connectivity index (χ3n) is 8.81. The van der Waals surface area contributed by atoms with E-state index in [2.05, 4.69) is 19.9 Å². The van der Waals surface area contributed by atoms with Gasteiger partial charge < -0.3 is 19.7 Å². The van der Waals surface area contributed by atoms with Crippen molar-refractivity contribution < 1.29 is 19.7 Å². The van der Waals surface area contributed by atoms with E-state index in [1.165, 1.54) is 5.57 Å². The maximum Gasteiger partial charge on any atom is 0.172 e. The highest BCUT2D eigenvalue weighted by atomic mass is 16.7. The molecule has 1 spiro atoms. The van der Waals surface area contributed by atoms with Crippen LogP contribution in [0.1, 0.15) is 58.8 Å². The molecule has 1 saturated heterocycles. The second-order valence-electron chi connectivity index (χ2n) is 9.83. The van der Waals surface area contributed by atoms with Crippen molar-refractivity contribution >= 4 is 0 Å². The molecular weight excluding hydrogens is 316 g/mol. The Hall–Kier alpha value is -0.420. The maximum atomic E-state index is 11.2. The van der Waals surface area contributed by atoms with Crippen LogP contribution in [0.25, 0.3) is 0 Å². The Bertz CT molecular complexity index is 595. The van der Waals surface area contributed by atoms with Gasteiger partial charge in [0.2, 0.25) is 0 Å². The zero-order valence-corrected chi connectivity index (χ0v) is 15.5. The molecule has 4 fully saturated rings. The van der Waals surface area contributed by atoms with Gasteiger partial charge in [-0.15, -0.1) is 0 Å². The highest BCUT2D eigenvalue weighted by Gasteiger charge is 2.62. The third kappa shape index (κ3) is 2.14. The fraction of sp³-hybridized carbons (Fsp3) is 0.905. The van der Waals surface area contributed by atoms with Gasteiger partial charge in [-0.2, -0.15) is 0 Å². The minimum atomic E-state index is -0.393. The molecule has 2 N–H and O–H groups in total. The molecular formula is C21H32O4. The second kappa shape index (κ2) is 5.31. The number of aliphatic hydroxyl groups is 2. The van der Waals surface area contributed by atoms with E-state index >= 15 is 0 Å². The lowest BCUT2D eigenvalue weighted by Gasteiger charge is -2.60. The Morgan fingerprint density at radius 3 is 2.60 bits per heavy atom. The lowest BCUT2D eigenvalue weighted by atomic mass is 9.47. The van der Waals surface area contributed by atoms with E-state index in [-0.39, 0.29) is 23.0 Å². The Morgan fingerprint density at radius 1 is 1.08 bits per heavy atom. The second-order valence-corrected chi connectivity index (χ2v) is 9.83. The summed E-state index contributed by atoms with van der Waals surface area (Å²) in [4.78, 5) is 0. The number of fused-ring (bicyclic) bond motifs is 5. The van der Waals surface area contributed by atoms with Gasteiger partial charge in [0.25, 0.3) is 0 Å². The fourth-order valence-corrected chi connectivity index (χ4v) is 7.45. The summed E-state index contributed by atoms with van der Waals surface area (Å²) < 4.78 is 12.0. The van der Waals surface area contributed by atoms with E-state index in [1.807, 2.05) is 0 Å². The van der Waals surface area contributed by atoms with Gasteiger partial charge in [-0.05, 0) is 60.7 Å². The Morgan fingerprint density at radius 2 is 1.84 bits per heavy atom. The highest BCUT2D eigenvalue weighted by molar-refractivity contribution is 5.27. The van der Waals surface area contributed by atoms with Gasteiger partial charge in [0, 0.05) is 12.8 Å². The normalized spacial score (nSPS) is 53.9. The first kappa shape index (κ1) is 16.7. The minimum Gasteiger partial charge on any atom is -0.393 e. The predicted octanol–water partition coefficient (Wildman–Crippen LogP) is 3.02. The number of hydrogen-bond donors (Lipinski definition) is 2. The van der Waals surface area contributed by atoms with Crippen molar-refractivity contribution in [2.45, 2.75) is 76.8 Å². The number of hydrogen-bond acceptors (Lipinski definition) is 4. The molecule has 1 aliphatic heterocycles. The molecule has 7 atom stereocenters. The van der Waals surface area contributed by atoms with Crippen LogP contribution in [-0.4, -0.2) is 41.4 Å². The summed E-state index contributed by atoms with van der Waals surface area (Å²) in [5.41, 5.74) is 1.40. The quantitative estimate of drug-likeness (QED) is 0.661. The van der Waals surface area contributed by atoms with Crippen LogP contribution in [0.15, 0.2) is 11.6 Å². The van der Waals surface area contributed by atoms with Crippen molar-refractivity contribution in [3.8, 4) is 0 Å². The molecule has 0 aromatic carbocycles. The molecule has 1 heterocycles.